The number of benzene rings is 2. The van der Waals surface area contributed by atoms with Gasteiger partial charge in [0.05, 0.1) is 11.6 Å². The maximum atomic E-state index is 12.9. The zero-order chi connectivity index (χ0) is 18.0. The van der Waals surface area contributed by atoms with Crippen LogP contribution in [0.25, 0.3) is 0 Å². The summed E-state index contributed by atoms with van der Waals surface area (Å²) in [5, 5.41) is 10.2. The van der Waals surface area contributed by atoms with Gasteiger partial charge in [-0.1, -0.05) is 48.0 Å². The molecule has 1 atom stereocenters. The lowest BCUT2D eigenvalue weighted by Crippen LogP contribution is -2.45. The topological polar surface area (TPSA) is 53.2 Å². The van der Waals surface area contributed by atoms with E-state index in [1.54, 1.807) is 6.07 Å². The fraction of sp³-hybridized carbons (Fsp3) is 0.158. The summed E-state index contributed by atoms with van der Waals surface area (Å²) in [4.78, 5) is 12.9. The zero-order valence-corrected chi connectivity index (χ0v) is 15.5. The van der Waals surface area contributed by atoms with E-state index in [1.807, 2.05) is 56.3 Å². The molecule has 0 saturated heterocycles. The molecule has 3 N–H and O–H groups in total. The number of carbonyl (C=O) groups is 1. The van der Waals surface area contributed by atoms with Crippen LogP contribution in [0.15, 0.2) is 59.8 Å². The summed E-state index contributed by atoms with van der Waals surface area (Å²) >= 11 is 11.4. The van der Waals surface area contributed by atoms with E-state index in [4.69, 9.17) is 23.8 Å². The van der Waals surface area contributed by atoms with Crippen molar-refractivity contribution >= 4 is 40.5 Å². The van der Waals surface area contributed by atoms with Gasteiger partial charge in [-0.2, -0.15) is 0 Å². The highest BCUT2D eigenvalue weighted by Gasteiger charge is 2.29. The van der Waals surface area contributed by atoms with Crippen LogP contribution in [0.2, 0.25) is 5.02 Å². The number of carbonyl (C=O) groups excluding carboxylic acids is 1. The molecule has 0 fully saturated rings. The van der Waals surface area contributed by atoms with E-state index in [0.717, 1.165) is 16.8 Å². The number of hydrogen-bond donors (Lipinski definition) is 3. The van der Waals surface area contributed by atoms with Crippen molar-refractivity contribution in [3.8, 4) is 0 Å². The molecule has 6 heteroatoms. The van der Waals surface area contributed by atoms with Crippen molar-refractivity contribution in [1.29, 1.82) is 0 Å². The summed E-state index contributed by atoms with van der Waals surface area (Å²) in [7, 11) is 0. The third-order valence-corrected chi connectivity index (χ3v) is 4.70. The van der Waals surface area contributed by atoms with Crippen LogP contribution in [0.3, 0.4) is 0 Å². The fourth-order valence-electron chi connectivity index (χ4n) is 2.76. The molecule has 0 saturated carbocycles. The van der Waals surface area contributed by atoms with Crippen molar-refractivity contribution in [2.45, 2.75) is 19.9 Å². The second-order valence-corrected chi connectivity index (χ2v) is 6.71. The molecule has 2 aromatic rings. The molecule has 0 spiro atoms. The molecule has 4 nitrogen and oxygen atoms in total. The van der Waals surface area contributed by atoms with Crippen molar-refractivity contribution in [2.75, 3.05) is 5.32 Å². The van der Waals surface area contributed by atoms with E-state index in [-0.39, 0.29) is 11.9 Å². The van der Waals surface area contributed by atoms with Crippen LogP contribution < -0.4 is 16.0 Å². The van der Waals surface area contributed by atoms with Gasteiger partial charge in [-0.3, -0.25) is 4.79 Å². The van der Waals surface area contributed by atoms with E-state index in [9.17, 15) is 4.79 Å². The van der Waals surface area contributed by atoms with Crippen LogP contribution in [0.1, 0.15) is 24.1 Å². The minimum atomic E-state index is -0.309. The van der Waals surface area contributed by atoms with Gasteiger partial charge in [0.1, 0.15) is 0 Å². The Morgan fingerprint density at radius 3 is 2.56 bits per heavy atom. The molecular weight excluding hydrogens is 354 g/mol. The molecule has 0 aromatic heterocycles. The minimum Gasteiger partial charge on any atom is -0.351 e. The number of hydrogen-bond acceptors (Lipinski definition) is 2. The lowest BCUT2D eigenvalue weighted by Gasteiger charge is -2.30. The van der Waals surface area contributed by atoms with Crippen molar-refractivity contribution < 1.29 is 4.79 Å². The number of thiocarbonyl (C=S) groups is 1. The Morgan fingerprint density at radius 1 is 1.16 bits per heavy atom. The summed E-state index contributed by atoms with van der Waals surface area (Å²) in [6.45, 7) is 3.77. The van der Waals surface area contributed by atoms with Gasteiger partial charge < -0.3 is 16.0 Å². The number of amides is 1. The molecule has 0 aliphatic carbocycles. The van der Waals surface area contributed by atoms with E-state index < -0.39 is 0 Å². The summed E-state index contributed by atoms with van der Waals surface area (Å²) in [5.41, 5.74) is 3.91. The molecule has 1 amide bonds. The standard InChI is InChI=1S/C19H18ClN3OS/c1-11-8-9-14(10-15(11)20)22-18(24)16-12(2)21-19(25)23-17(16)13-6-4-3-5-7-13/h3-10,17H,1-2H3,(H,22,24)(H2,21,23,25). The van der Waals surface area contributed by atoms with Gasteiger partial charge in [-0.15, -0.1) is 0 Å². The minimum absolute atomic E-state index is 0.200. The maximum Gasteiger partial charge on any atom is 0.255 e. The highest BCUT2D eigenvalue weighted by molar-refractivity contribution is 7.80. The Kier molecular flexibility index (Phi) is 5.06. The first-order valence-corrected chi connectivity index (χ1v) is 8.65. The van der Waals surface area contributed by atoms with Crippen LogP contribution in [-0.2, 0) is 4.79 Å². The molecular formula is C19H18ClN3OS. The number of halogens is 1. The monoisotopic (exact) mass is 371 g/mol. The Balaban J connectivity index is 1.93. The van der Waals surface area contributed by atoms with Crippen LogP contribution in [0.4, 0.5) is 5.69 Å². The molecule has 128 valence electrons. The third-order valence-electron chi connectivity index (χ3n) is 4.08. The third kappa shape index (κ3) is 3.83. The first-order valence-electron chi connectivity index (χ1n) is 7.86. The molecule has 3 rings (SSSR count). The second kappa shape index (κ2) is 7.25. The number of anilines is 1. The van der Waals surface area contributed by atoms with E-state index in [1.165, 1.54) is 0 Å². The molecule has 1 aliphatic rings. The van der Waals surface area contributed by atoms with Crippen LogP contribution in [0.5, 0.6) is 0 Å². The number of aryl methyl sites for hydroxylation is 1. The Morgan fingerprint density at radius 2 is 1.88 bits per heavy atom. The highest BCUT2D eigenvalue weighted by Crippen LogP contribution is 2.28. The second-order valence-electron chi connectivity index (χ2n) is 5.90. The lowest BCUT2D eigenvalue weighted by atomic mass is 9.95. The summed E-state index contributed by atoms with van der Waals surface area (Å²) < 4.78 is 0. The Labute approximate surface area is 157 Å². The number of rotatable bonds is 3. The molecule has 0 bridgehead atoms. The zero-order valence-electron chi connectivity index (χ0n) is 13.9. The predicted octanol–water partition coefficient (Wildman–Crippen LogP) is 4.08. The Hall–Kier alpha value is -2.37. The van der Waals surface area contributed by atoms with Crippen LogP contribution in [-0.4, -0.2) is 11.0 Å². The first kappa shape index (κ1) is 17.5. The lowest BCUT2D eigenvalue weighted by molar-refractivity contribution is -0.113. The average molecular weight is 372 g/mol. The van der Waals surface area contributed by atoms with E-state index >= 15 is 0 Å². The van der Waals surface area contributed by atoms with Crippen molar-refractivity contribution in [2.24, 2.45) is 0 Å². The summed E-state index contributed by atoms with van der Waals surface area (Å²) in [6.07, 6.45) is 0. The van der Waals surface area contributed by atoms with Gasteiger partial charge >= 0.3 is 0 Å². The molecule has 1 unspecified atom stereocenters. The van der Waals surface area contributed by atoms with E-state index in [2.05, 4.69) is 16.0 Å². The average Bonchev–Trinajstić information content (AvgIpc) is 2.58. The molecule has 25 heavy (non-hydrogen) atoms. The molecule has 1 aliphatic heterocycles. The Bertz CT molecular complexity index is 864. The maximum absolute atomic E-state index is 12.9. The van der Waals surface area contributed by atoms with E-state index in [0.29, 0.717) is 21.4 Å². The van der Waals surface area contributed by atoms with Gasteiger partial charge in [-0.25, -0.2) is 0 Å². The predicted molar refractivity (Wildman–Crippen MR) is 106 cm³/mol. The molecule has 1 heterocycles. The number of nitrogens with one attached hydrogen (secondary N) is 3. The van der Waals surface area contributed by atoms with Gasteiger partial charge in [0.25, 0.3) is 5.91 Å². The fourth-order valence-corrected chi connectivity index (χ4v) is 3.21. The molecule has 0 radical (unpaired) electrons. The quantitative estimate of drug-likeness (QED) is 0.711. The first-order chi connectivity index (χ1) is 12.0. The largest absolute Gasteiger partial charge is 0.351 e. The van der Waals surface area contributed by atoms with Crippen molar-refractivity contribution in [1.82, 2.24) is 10.6 Å². The number of allylic oxidation sites excluding steroid dienone is 1. The highest BCUT2D eigenvalue weighted by atomic mass is 35.5. The molecule has 2 aromatic carbocycles. The van der Waals surface area contributed by atoms with Gasteiger partial charge in [-0.05, 0) is 49.3 Å². The summed E-state index contributed by atoms with van der Waals surface area (Å²) in [5.74, 6) is -0.200. The van der Waals surface area contributed by atoms with Crippen LogP contribution >= 0.6 is 23.8 Å². The van der Waals surface area contributed by atoms with Gasteiger partial charge in [0.15, 0.2) is 5.11 Å². The van der Waals surface area contributed by atoms with Gasteiger partial charge in [0.2, 0.25) is 0 Å². The normalized spacial score (nSPS) is 16.9. The summed E-state index contributed by atoms with van der Waals surface area (Å²) in [6, 6.07) is 14.9. The smallest absolute Gasteiger partial charge is 0.255 e. The van der Waals surface area contributed by atoms with Gasteiger partial charge in [0, 0.05) is 16.4 Å². The van der Waals surface area contributed by atoms with Crippen LogP contribution in [0, 0.1) is 6.92 Å². The SMILES string of the molecule is CC1=C(C(=O)Nc2ccc(C)c(Cl)c2)C(c2ccccc2)NC(=S)N1. The van der Waals surface area contributed by atoms with Crippen molar-refractivity contribution in [3.63, 3.8) is 0 Å². The van der Waals surface area contributed by atoms with Crippen molar-refractivity contribution in [3.05, 3.63) is 76.0 Å².